The second kappa shape index (κ2) is 3.64. The van der Waals surface area contributed by atoms with Gasteiger partial charge in [-0.1, -0.05) is 13.8 Å². The van der Waals surface area contributed by atoms with Gasteiger partial charge in [0.2, 0.25) is 11.9 Å². The first-order valence-corrected chi connectivity index (χ1v) is 4.66. The molecule has 0 spiro atoms. The van der Waals surface area contributed by atoms with Gasteiger partial charge >= 0.3 is 0 Å². The quantitative estimate of drug-likeness (QED) is 0.781. The molecule has 0 saturated heterocycles. The van der Waals surface area contributed by atoms with Gasteiger partial charge in [0.25, 0.3) is 0 Å². The number of imidazole rings is 1. The van der Waals surface area contributed by atoms with E-state index in [9.17, 15) is 0 Å². The first kappa shape index (κ1) is 9.57. The average Bonchev–Trinajstić information content (AvgIpc) is 2.69. The van der Waals surface area contributed by atoms with Crippen LogP contribution in [0.1, 0.15) is 25.6 Å². The highest BCUT2D eigenvalue weighted by Crippen LogP contribution is 2.11. The van der Waals surface area contributed by atoms with Gasteiger partial charge < -0.3 is 5.73 Å². The summed E-state index contributed by atoms with van der Waals surface area (Å²) >= 11 is 0. The molecule has 0 amide bonds. The minimum atomic E-state index is 0.220. The molecule has 0 aliphatic heterocycles. The van der Waals surface area contributed by atoms with Gasteiger partial charge in [0, 0.05) is 18.3 Å². The van der Waals surface area contributed by atoms with E-state index in [-0.39, 0.29) is 11.9 Å². The highest BCUT2D eigenvalue weighted by atomic mass is 15.2. The molecule has 2 N–H and O–H groups in total. The number of hydrogen-bond donors (Lipinski definition) is 1. The highest BCUT2D eigenvalue weighted by Gasteiger charge is 2.08. The standard InChI is InChI=1S/C9H12N6/c1-6(2)7-12-8(10)14-9(13-7)15-4-3-11-5-15/h3-6H,1-2H3,(H2,10,12,13,14). The van der Waals surface area contributed by atoms with E-state index in [0.29, 0.717) is 11.8 Å². The van der Waals surface area contributed by atoms with Gasteiger partial charge in [-0.05, 0) is 0 Å². The van der Waals surface area contributed by atoms with Gasteiger partial charge in [0.15, 0.2) is 0 Å². The monoisotopic (exact) mass is 204 g/mol. The molecule has 0 bridgehead atoms. The van der Waals surface area contributed by atoms with E-state index in [4.69, 9.17) is 5.73 Å². The summed E-state index contributed by atoms with van der Waals surface area (Å²) in [6.45, 7) is 4.01. The maximum absolute atomic E-state index is 5.61. The molecule has 0 aliphatic rings. The lowest BCUT2D eigenvalue weighted by molar-refractivity contribution is 0.745. The fourth-order valence-corrected chi connectivity index (χ4v) is 1.15. The second-order valence-electron chi connectivity index (χ2n) is 3.48. The molecule has 6 nitrogen and oxygen atoms in total. The number of anilines is 1. The topological polar surface area (TPSA) is 82.5 Å². The predicted octanol–water partition coefficient (Wildman–Crippen LogP) is 0.763. The Labute approximate surface area is 87.2 Å². The number of nitrogens with two attached hydrogens (primary N) is 1. The van der Waals surface area contributed by atoms with Crippen molar-refractivity contribution in [2.24, 2.45) is 0 Å². The highest BCUT2D eigenvalue weighted by molar-refractivity contribution is 5.23. The Kier molecular flexibility index (Phi) is 2.32. The fourth-order valence-electron chi connectivity index (χ4n) is 1.15. The van der Waals surface area contributed by atoms with E-state index in [1.807, 2.05) is 13.8 Å². The zero-order chi connectivity index (χ0) is 10.8. The molecule has 0 saturated carbocycles. The third kappa shape index (κ3) is 1.93. The average molecular weight is 204 g/mol. The number of nitrogen functional groups attached to an aromatic ring is 1. The fraction of sp³-hybridized carbons (Fsp3) is 0.333. The molecule has 2 rings (SSSR count). The van der Waals surface area contributed by atoms with Crippen LogP contribution in [0.5, 0.6) is 0 Å². The van der Waals surface area contributed by atoms with Crippen molar-refractivity contribution in [1.82, 2.24) is 24.5 Å². The lowest BCUT2D eigenvalue weighted by Gasteiger charge is -2.06. The van der Waals surface area contributed by atoms with Crippen LogP contribution in [0.4, 0.5) is 5.95 Å². The largest absolute Gasteiger partial charge is 0.368 e. The van der Waals surface area contributed by atoms with Crippen molar-refractivity contribution in [2.75, 3.05) is 5.73 Å². The Bertz CT molecular complexity index is 448. The van der Waals surface area contributed by atoms with E-state index in [1.165, 1.54) is 0 Å². The Hall–Kier alpha value is -1.98. The van der Waals surface area contributed by atoms with Gasteiger partial charge in [-0.15, -0.1) is 0 Å². The maximum Gasteiger partial charge on any atom is 0.239 e. The normalized spacial score (nSPS) is 10.9. The maximum atomic E-state index is 5.61. The van der Waals surface area contributed by atoms with Gasteiger partial charge in [0.1, 0.15) is 12.2 Å². The van der Waals surface area contributed by atoms with Crippen LogP contribution in [0.25, 0.3) is 5.95 Å². The van der Waals surface area contributed by atoms with Crippen LogP contribution >= 0.6 is 0 Å². The number of aromatic nitrogens is 5. The van der Waals surface area contributed by atoms with E-state index >= 15 is 0 Å². The van der Waals surface area contributed by atoms with Crippen LogP contribution in [0.15, 0.2) is 18.7 Å². The molecule has 0 atom stereocenters. The molecule has 0 aliphatic carbocycles. The summed E-state index contributed by atoms with van der Waals surface area (Å²) in [6.07, 6.45) is 5.05. The van der Waals surface area contributed by atoms with E-state index < -0.39 is 0 Å². The molecule has 15 heavy (non-hydrogen) atoms. The molecule has 2 aromatic rings. The Balaban J connectivity index is 2.49. The third-order valence-electron chi connectivity index (χ3n) is 1.91. The van der Waals surface area contributed by atoms with E-state index in [1.54, 1.807) is 23.3 Å². The Morgan fingerprint density at radius 3 is 2.67 bits per heavy atom. The second-order valence-corrected chi connectivity index (χ2v) is 3.48. The van der Waals surface area contributed by atoms with E-state index in [2.05, 4.69) is 19.9 Å². The molecule has 0 unspecified atom stereocenters. The van der Waals surface area contributed by atoms with Gasteiger partial charge in [-0.3, -0.25) is 4.57 Å². The first-order valence-electron chi connectivity index (χ1n) is 4.66. The zero-order valence-corrected chi connectivity index (χ0v) is 8.62. The molecule has 0 radical (unpaired) electrons. The summed E-state index contributed by atoms with van der Waals surface area (Å²) < 4.78 is 1.70. The van der Waals surface area contributed by atoms with Crippen molar-refractivity contribution in [3.05, 3.63) is 24.5 Å². The summed E-state index contributed by atoms with van der Waals surface area (Å²) in [5.74, 6) is 1.64. The van der Waals surface area contributed by atoms with Crippen LogP contribution < -0.4 is 5.73 Å². The Morgan fingerprint density at radius 2 is 2.07 bits per heavy atom. The van der Waals surface area contributed by atoms with E-state index in [0.717, 1.165) is 0 Å². The van der Waals surface area contributed by atoms with Crippen LogP contribution in [0, 0.1) is 0 Å². The summed E-state index contributed by atoms with van der Waals surface area (Å²) in [5.41, 5.74) is 5.61. The van der Waals surface area contributed by atoms with Crippen molar-refractivity contribution >= 4 is 5.95 Å². The minimum Gasteiger partial charge on any atom is -0.368 e. The summed E-state index contributed by atoms with van der Waals surface area (Å²) in [5, 5.41) is 0. The Morgan fingerprint density at radius 1 is 1.27 bits per heavy atom. The molecule has 0 fully saturated rings. The molecule has 2 aromatic heterocycles. The lowest BCUT2D eigenvalue weighted by atomic mass is 10.2. The smallest absolute Gasteiger partial charge is 0.239 e. The minimum absolute atomic E-state index is 0.220. The van der Waals surface area contributed by atoms with Gasteiger partial charge in [-0.2, -0.15) is 15.0 Å². The lowest BCUT2D eigenvalue weighted by Crippen LogP contribution is -2.09. The summed E-state index contributed by atoms with van der Waals surface area (Å²) in [6, 6.07) is 0. The summed E-state index contributed by atoms with van der Waals surface area (Å²) in [4.78, 5) is 16.3. The van der Waals surface area contributed by atoms with Crippen LogP contribution in [-0.2, 0) is 0 Å². The van der Waals surface area contributed by atoms with Crippen molar-refractivity contribution < 1.29 is 0 Å². The third-order valence-corrected chi connectivity index (χ3v) is 1.91. The molecular weight excluding hydrogens is 192 g/mol. The van der Waals surface area contributed by atoms with Crippen molar-refractivity contribution in [3.63, 3.8) is 0 Å². The van der Waals surface area contributed by atoms with Gasteiger partial charge in [-0.25, -0.2) is 4.98 Å². The van der Waals surface area contributed by atoms with Gasteiger partial charge in [0.05, 0.1) is 0 Å². The van der Waals surface area contributed by atoms with Crippen molar-refractivity contribution in [3.8, 4) is 5.95 Å². The molecule has 78 valence electrons. The van der Waals surface area contributed by atoms with Crippen LogP contribution in [0.2, 0.25) is 0 Å². The number of nitrogens with zero attached hydrogens (tertiary/aromatic N) is 5. The first-order chi connectivity index (χ1) is 7.16. The SMILES string of the molecule is CC(C)c1nc(N)nc(-n2ccnc2)n1. The zero-order valence-electron chi connectivity index (χ0n) is 8.62. The van der Waals surface area contributed by atoms with Crippen molar-refractivity contribution in [1.29, 1.82) is 0 Å². The van der Waals surface area contributed by atoms with Crippen LogP contribution in [-0.4, -0.2) is 24.5 Å². The summed E-state index contributed by atoms with van der Waals surface area (Å²) in [7, 11) is 0. The van der Waals surface area contributed by atoms with Crippen LogP contribution in [0.3, 0.4) is 0 Å². The molecule has 0 aromatic carbocycles. The number of hydrogen-bond acceptors (Lipinski definition) is 5. The molecule has 6 heteroatoms. The molecule has 2 heterocycles. The van der Waals surface area contributed by atoms with Crippen molar-refractivity contribution in [2.45, 2.75) is 19.8 Å². The predicted molar refractivity (Wildman–Crippen MR) is 55.5 cm³/mol. The number of rotatable bonds is 2. The molecular formula is C9H12N6.